The third-order valence-corrected chi connectivity index (χ3v) is 4.61. The van der Waals surface area contributed by atoms with E-state index in [2.05, 4.69) is 11.9 Å². The molecule has 0 radical (unpaired) electrons. The Labute approximate surface area is 136 Å². The minimum Gasteiger partial charge on any atom is -0.298 e. The maximum atomic E-state index is 12.4. The normalized spacial score (nSPS) is 17.2. The molecule has 0 spiro atoms. The zero-order valence-electron chi connectivity index (χ0n) is 11.5. The van der Waals surface area contributed by atoms with E-state index in [1.165, 1.54) is 16.2 Å². The second kappa shape index (κ2) is 5.82. The predicted octanol–water partition coefficient (Wildman–Crippen LogP) is 2.71. The molecule has 2 amide bonds. The van der Waals surface area contributed by atoms with Crippen molar-refractivity contribution in [3.05, 3.63) is 53.4 Å². The molecule has 22 heavy (non-hydrogen) atoms. The molecule has 2 aromatic rings. The van der Waals surface area contributed by atoms with Crippen LogP contribution in [-0.2, 0) is 9.59 Å². The Kier molecular flexibility index (Phi) is 3.87. The SMILES string of the molecule is C=CCN1C(=O)C(=Cc2cc3ccccc3s2)C(=O)NC1=S. The van der Waals surface area contributed by atoms with Crippen molar-refractivity contribution in [2.75, 3.05) is 6.54 Å². The molecule has 0 atom stereocenters. The van der Waals surface area contributed by atoms with Crippen LogP contribution in [0.5, 0.6) is 0 Å². The Hall–Kier alpha value is -2.31. The molecule has 1 N–H and O–H groups in total. The number of nitrogens with zero attached hydrogens (tertiary/aromatic N) is 1. The van der Waals surface area contributed by atoms with Crippen molar-refractivity contribution in [3.8, 4) is 0 Å². The summed E-state index contributed by atoms with van der Waals surface area (Å²) in [6.07, 6.45) is 3.18. The number of amides is 2. The summed E-state index contributed by atoms with van der Waals surface area (Å²) in [6.45, 7) is 3.86. The first-order valence-corrected chi connectivity index (χ1v) is 7.81. The fourth-order valence-electron chi connectivity index (χ4n) is 2.20. The van der Waals surface area contributed by atoms with Crippen molar-refractivity contribution in [3.63, 3.8) is 0 Å². The van der Waals surface area contributed by atoms with Gasteiger partial charge in [0.05, 0.1) is 0 Å². The fourth-order valence-corrected chi connectivity index (χ4v) is 3.46. The van der Waals surface area contributed by atoms with Gasteiger partial charge in [-0.2, -0.15) is 0 Å². The minimum atomic E-state index is -0.465. The summed E-state index contributed by atoms with van der Waals surface area (Å²) in [5.41, 5.74) is 0.0852. The largest absolute Gasteiger partial charge is 0.298 e. The highest BCUT2D eigenvalue weighted by Gasteiger charge is 2.32. The molecule has 1 saturated heterocycles. The Bertz CT molecular complexity index is 803. The lowest BCUT2D eigenvalue weighted by Gasteiger charge is -2.27. The van der Waals surface area contributed by atoms with Crippen molar-refractivity contribution in [2.45, 2.75) is 0 Å². The van der Waals surface area contributed by atoms with E-state index in [4.69, 9.17) is 12.2 Å². The molecule has 0 saturated carbocycles. The number of thiocarbonyl (C=S) groups is 1. The highest BCUT2D eigenvalue weighted by Crippen LogP contribution is 2.27. The van der Waals surface area contributed by atoms with Crippen molar-refractivity contribution < 1.29 is 9.59 Å². The smallest absolute Gasteiger partial charge is 0.265 e. The van der Waals surface area contributed by atoms with E-state index in [9.17, 15) is 9.59 Å². The Morgan fingerprint density at radius 3 is 2.82 bits per heavy atom. The van der Waals surface area contributed by atoms with Gasteiger partial charge in [-0.3, -0.25) is 19.8 Å². The van der Waals surface area contributed by atoms with Crippen LogP contribution in [0.25, 0.3) is 16.2 Å². The summed E-state index contributed by atoms with van der Waals surface area (Å²) >= 11 is 6.55. The highest BCUT2D eigenvalue weighted by atomic mass is 32.1. The van der Waals surface area contributed by atoms with Crippen LogP contribution in [-0.4, -0.2) is 28.4 Å². The van der Waals surface area contributed by atoms with Crippen LogP contribution in [0.1, 0.15) is 4.88 Å². The first-order valence-electron chi connectivity index (χ1n) is 6.58. The van der Waals surface area contributed by atoms with E-state index in [1.807, 2.05) is 30.3 Å². The second-order valence-electron chi connectivity index (χ2n) is 4.71. The zero-order valence-corrected chi connectivity index (χ0v) is 13.2. The zero-order chi connectivity index (χ0) is 15.7. The summed E-state index contributed by atoms with van der Waals surface area (Å²) in [5.74, 6) is -0.862. The van der Waals surface area contributed by atoms with E-state index < -0.39 is 11.8 Å². The van der Waals surface area contributed by atoms with Gasteiger partial charge in [0.15, 0.2) is 5.11 Å². The van der Waals surface area contributed by atoms with E-state index in [1.54, 1.807) is 12.2 Å². The monoisotopic (exact) mass is 328 g/mol. The Balaban J connectivity index is 2.00. The van der Waals surface area contributed by atoms with Crippen molar-refractivity contribution in [2.24, 2.45) is 0 Å². The van der Waals surface area contributed by atoms with Gasteiger partial charge in [-0.1, -0.05) is 24.3 Å². The molecule has 1 aromatic carbocycles. The molecule has 2 heterocycles. The van der Waals surface area contributed by atoms with E-state index in [0.29, 0.717) is 0 Å². The molecule has 110 valence electrons. The van der Waals surface area contributed by atoms with Crippen LogP contribution in [0.2, 0.25) is 0 Å². The third kappa shape index (κ3) is 2.58. The van der Waals surface area contributed by atoms with E-state index >= 15 is 0 Å². The van der Waals surface area contributed by atoms with Crippen molar-refractivity contribution in [1.82, 2.24) is 10.2 Å². The van der Waals surface area contributed by atoms with Gasteiger partial charge in [-0.25, -0.2) is 0 Å². The number of hydrogen-bond donors (Lipinski definition) is 1. The number of rotatable bonds is 3. The molecule has 1 fully saturated rings. The van der Waals surface area contributed by atoms with Gasteiger partial charge in [-0.15, -0.1) is 17.9 Å². The number of carbonyl (C=O) groups is 2. The Morgan fingerprint density at radius 2 is 2.09 bits per heavy atom. The summed E-state index contributed by atoms with van der Waals surface area (Å²) in [4.78, 5) is 26.6. The number of hydrogen-bond acceptors (Lipinski definition) is 4. The number of thiophene rings is 1. The standard InChI is InChI=1S/C16H12N2O2S2/c1-2-7-18-15(20)12(14(19)17-16(18)21)9-11-8-10-5-3-4-6-13(10)22-11/h2-6,8-9H,1,7H2,(H,17,19,21). The van der Waals surface area contributed by atoms with Crippen LogP contribution in [0.15, 0.2) is 48.6 Å². The summed E-state index contributed by atoms with van der Waals surface area (Å²) in [5, 5.41) is 3.73. The third-order valence-electron chi connectivity index (χ3n) is 3.23. The molecule has 4 nitrogen and oxygen atoms in total. The van der Waals surface area contributed by atoms with Gasteiger partial charge in [0.1, 0.15) is 5.57 Å². The second-order valence-corrected chi connectivity index (χ2v) is 6.21. The Morgan fingerprint density at radius 1 is 1.32 bits per heavy atom. The van der Waals surface area contributed by atoms with Gasteiger partial charge in [0.2, 0.25) is 0 Å². The molecule has 3 rings (SSSR count). The van der Waals surface area contributed by atoms with E-state index in [-0.39, 0.29) is 17.2 Å². The number of carbonyl (C=O) groups excluding carboxylic acids is 2. The van der Waals surface area contributed by atoms with Crippen LogP contribution in [0.3, 0.4) is 0 Å². The van der Waals surface area contributed by atoms with Crippen molar-refractivity contribution in [1.29, 1.82) is 0 Å². The lowest BCUT2D eigenvalue weighted by atomic mass is 10.1. The van der Waals surface area contributed by atoms with Gasteiger partial charge in [0, 0.05) is 16.1 Å². The first kappa shape index (κ1) is 14.6. The highest BCUT2D eigenvalue weighted by molar-refractivity contribution is 7.80. The molecule has 6 heteroatoms. The van der Waals surface area contributed by atoms with Crippen LogP contribution in [0, 0.1) is 0 Å². The van der Waals surface area contributed by atoms with Crippen molar-refractivity contribution >= 4 is 56.6 Å². The maximum Gasteiger partial charge on any atom is 0.265 e. The minimum absolute atomic E-state index is 0.0852. The maximum absolute atomic E-state index is 12.4. The molecule has 0 unspecified atom stereocenters. The van der Waals surface area contributed by atoms with Crippen LogP contribution in [0.4, 0.5) is 0 Å². The summed E-state index contributed by atoms with van der Waals surface area (Å²) in [6, 6.07) is 9.87. The number of nitrogens with one attached hydrogen (secondary N) is 1. The van der Waals surface area contributed by atoms with Crippen LogP contribution >= 0.6 is 23.6 Å². The number of benzene rings is 1. The van der Waals surface area contributed by atoms with E-state index in [0.717, 1.165) is 15.0 Å². The fraction of sp³-hybridized carbons (Fsp3) is 0.0625. The topological polar surface area (TPSA) is 49.4 Å². The van der Waals surface area contributed by atoms with Gasteiger partial charge >= 0.3 is 0 Å². The average Bonchev–Trinajstić information content (AvgIpc) is 2.90. The molecule has 1 aliphatic heterocycles. The predicted molar refractivity (Wildman–Crippen MR) is 92.5 cm³/mol. The van der Waals surface area contributed by atoms with Gasteiger partial charge < -0.3 is 0 Å². The lowest BCUT2D eigenvalue weighted by Crippen LogP contribution is -2.53. The molecule has 0 bridgehead atoms. The van der Waals surface area contributed by atoms with Crippen LogP contribution < -0.4 is 5.32 Å². The average molecular weight is 328 g/mol. The summed E-state index contributed by atoms with van der Waals surface area (Å²) in [7, 11) is 0. The molecular formula is C16H12N2O2S2. The molecule has 0 aliphatic carbocycles. The van der Waals surface area contributed by atoms with Gasteiger partial charge in [-0.05, 0) is 35.8 Å². The summed E-state index contributed by atoms with van der Waals surface area (Å²) < 4.78 is 1.11. The lowest BCUT2D eigenvalue weighted by molar-refractivity contribution is -0.128. The first-order chi connectivity index (χ1) is 10.6. The molecule has 1 aromatic heterocycles. The number of fused-ring (bicyclic) bond motifs is 1. The van der Waals surface area contributed by atoms with Gasteiger partial charge in [0.25, 0.3) is 11.8 Å². The quantitative estimate of drug-likeness (QED) is 0.408. The molecular weight excluding hydrogens is 316 g/mol. The molecule has 1 aliphatic rings.